The number of hydrogen-bond acceptors (Lipinski definition) is 3. The molecule has 0 radical (unpaired) electrons. The molecule has 1 heterocycles. The number of carbonyl (C=O) groups excluding carboxylic acids is 1. The number of ether oxygens (including phenoxy) is 1. The fraction of sp³-hybridized carbons (Fsp3) is 0.154. The maximum atomic E-state index is 12.9. The second kappa shape index (κ2) is 10.5. The first-order chi connectivity index (χ1) is 16.3. The molecule has 3 aromatic carbocycles. The minimum Gasteiger partial charge on any atom is -0.487 e. The zero-order valence-electron chi connectivity index (χ0n) is 18.6. The second-order valence-corrected chi connectivity index (χ2v) is 9.13. The van der Waals surface area contributed by atoms with Gasteiger partial charge in [0.05, 0.1) is 28.6 Å². The monoisotopic (exact) mass is 513 g/mol. The van der Waals surface area contributed by atoms with Gasteiger partial charge in [0.15, 0.2) is 0 Å². The standard InChI is InChI=1S/C26H22Cl3N3O2/c1-16-25(17(2)32(31-16)14-19-4-3-5-21(27)12-19)30-26(33)20-8-6-18(7-9-20)15-34-24-11-10-22(28)13-23(24)29/h3-13H,14-15H2,1-2H3,(H,30,33). The van der Waals surface area contributed by atoms with Crippen molar-refractivity contribution >= 4 is 46.4 Å². The van der Waals surface area contributed by atoms with E-state index in [4.69, 9.17) is 39.5 Å². The van der Waals surface area contributed by atoms with E-state index < -0.39 is 0 Å². The number of amides is 1. The number of rotatable bonds is 7. The highest BCUT2D eigenvalue weighted by Crippen LogP contribution is 2.28. The van der Waals surface area contributed by atoms with Crippen molar-refractivity contribution in [3.8, 4) is 5.75 Å². The third-order valence-electron chi connectivity index (χ3n) is 5.35. The molecule has 4 rings (SSSR count). The summed E-state index contributed by atoms with van der Waals surface area (Å²) in [6.45, 7) is 4.69. The van der Waals surface area contributed by atoms with Gasteiger partial charge in [-0.05, 0) is 67.4 Å². The first-order valence-electron chi connectivity index (χ1n) is 10.6. The van der Waals surface area contributed by atoms with Crippen LogP contribution in [0.1, 0.15) is 32.9 Å². The van der Waals surface area contributed by atoms with Crippen LogP contribution in [-0.4, -0.2) is 15.7 Å². The third kappa shape index (κ3) is 5.73. The third-order valence-corrected chi connectivity index (χ3v) is 6.11. The fourth-order valence-corrected chi connectivity index (χ4v) is 4.21. The Balaban J connectivity index is 1.41. The summed E-state index contributed by atoms with van der Waals surface area (Å²) < 4.78 is 7.61. The van der Waals surface area contributed by atoms with Crippen LogP contribution in [0.4, 0.5) is 5.69 Å². The lowest BCUT2D eigenvalue weighted by Crippen LogP contribution is -2.13. The summed E-state index contributed by atoms with van der Waals surface area (Å²) in [4.78, 5) is 12.9. The van der Waals surface area contributed by atoms with Crippen LogP contribution in [0.2, 0.25) is 15.1 Å². The molecule has 0 bridgehead atoms. The number of nitrogens with zero attached hydrogens (tertiary/aromatic N) is 2. The van der Waals surface area contributed by atoms with Crippen molar-refractivity contribution in [2.75, 3.05) is 5.32 Å². The zero-order valence-corrected chi connectivity index (χ0v) is 20.9. The Kier molecular flexibility index (Phi) is 7.47. The predicted octanol–water partition coefficient (Wildman–Crippen LogP) is 7.34. The molecule has 0 unspecified atom stereocenters. The van der Waals surface area contributed by atoms with Crippen molar-refractivity contribution in [3.63, 3.8) is 0 Å². The van der Waals surface area contributed by atoms with Gasteiger partial charge in [0.1, 0.15) is 12.4 Å². The molecule has 0 atom stereocenters. The lowest BCUT2D eigenvalue weighted by molar-refractivity contribution is 0.102. The highest BCUT2D eigenvalue weighted by atomic mass is 35.5. The number of halogens is 3. The van der Waals surface area contributed by atoms with Crippen molar-refractivity contribution in [3.05, 3.63) is 110 Å². The van der Waals surface area contributed by atoms with Gasteiger partial charge in [-0.1, -0.05) is 59.1 Å². The van der Waals surface area contributed by atoms with E-state index in [0.717, 1.165) is 22.5 Å². The first-order valence-corrected chi connectivity index (χ1v) is 11.7. The van der Waals surface area contributed by atoms with Gasteiger partial charge in [-0.25, -0.2) is 0 Å². The Labute approximate surface area is 213 Å². The molecule has 8 heteroatoms. The van der Waals surface area contributed by atoms with Crippen molar-refractivity contribution in [1.29, 1.82) is 0 Å². The van der Waals surface area contributed by atoms with Crippen LogP contribution < -0.4 is 10.1 Å². The Morgan fingerprint density at radius 2 is 1.68 bits per heavy atom. The van der Waals surface area contributed by atoms with E-state index in [1.165, 1.54) is 0 Å². The molecule has 1 aromatic heterocycles. The average Bonchev–Trinajstić information content (AvgIpc) is 3.06. The minimum atomic E-state index is -0.207. The zero-order chi connectivity index (χ0) is 24.2. The molecule has 0 spiro atoms. The summed E-state index contributed by atoms with van der Waals surface area (Å²) in [6, 6.07) is 19.9. The van der Waals surface area contributed by atoms with Crippen molar-refractivity contribution in [1.82, 2.24) is 9.78 Å². The Hall–Kier alpha value is -2.99. The van der Waals surface area contributed by atoms with Gasteiger partial charge in [0, 0.05) is 15.6 Å². The number of hydrogen-bond donors (Lipinski definition) is 1. The molecule has 0 aliphatic carbocycles. The second-order valence-electron chi connectivity index (χ2n) is 7.85. The number of aromatic nitrogens is 2. The van der Waals surface area contributed by atoms with E-state index in [1.54, 1.807) is 30.3 Å². The first kappa shape index (κ1) is 24.1. The normalized spacial score (nSPS) is 10.9. The van der Waals surface area contributed by atoms with E-state index in [0.29, 0.717) is 45.2 Å². The van der Waals surface area contributed by atoms with Gasteiger partial charge in [-0.3, -0.25) is 9.48 Å². The summed E-state index contributed by atoms with van der Waals surface area (Å²) in [5, 5.41) is 9.25. The smallest absolute Gasteiger partial charge is 0.255 e. The molecule has 0 aliphatic heterocycles. The predicted molar refractivity (Wildman–Crippen MR) is 137 cm³/mol. The van der Waals surface area contributed by atoms with Gasteiger partial charge in [-0.2, -0.15) is 5.10 Å². The van der Waals surface area contributed by atoms with Crippen LogP contribution in [-0.2, 0) is 13.2 Å². The lowest BCUT2D eigenvalue weighted by atomic mass is 10.1. The summed E-state index contributed by atoms with van der Waals surface area (Å²) in [5.41, 5.74) is 4.80. The summed E-state index contributed by atoms with van der Waals surface area (Å²) >= 11 is 18.2. The largest absolute Gasteiger partial charge is 0.487 e. The van der Waals surface area contributed by atoms with Crippen LogP contribution >= 0.6 is 34.8 Å². The summed E-state index contributed by atoms with van der Waals surface area (Å²) in [7, 11) is 0. The number of anilines is 1. The van der Waals surface area contributed by atoms with E-state index in [1.807, 2.05) is 54.9 Å². The molecule has 5 nitrogen and oxygen atoms in total. The van der Waals surface area contributed by atoms with E-state index in [-0.39, 0.29) is 5.91 Å². The molecule has 0 saturated heterocycles. The van der Waals surface area contributed by atoms with Crippen molar-refractivity contribution in [2.45, 2.75) is 27.0 Å². The van der Waals surface area contributed by atoms with Crippen molar-refractivity contribution in [2.24, 2.45) is 0 Å². The Morgan fingerprint density at radius 1 is 0.941 bits per heavy atom. The molecular weight excluding hydrogens is 493 g/mol. The van der Waals surface area contributed by atoms with Crippen LogP contribution in [0.15, 0.2) is 66.7 Å². The van der Waals surface area contributed by atoms with Gasteiger partial charge in [-0.15, -0.1) is 0 Å². The van der Waals surface area contributed by atoms with E-state index in [9.17, 15) is 4.79 Å². The minimum absolute atomic E-state index is 0.207. The molecule has 34 heavy (non-hydrogen) atoms. The fourth-order valence-electron chi connectivity index (χ4n) is 3.53. The maximum Gasteiger partial charge on any atom is 0.255 e. The van der Waals surface area contributed by atoms with Crippen LogP contribution in [0.5, 0.6) is 5.75 Å². The topological polar surface area (TPSA) is 56.2 Å². The van der Waals surface area contributed by atoms with E-state index in [2.05, 4.69) is 10.4 Å². The Bertz CT molecular complexity index is 1330. The van der Waals surface area contributed by atoms with Gasteiger partial charge in [0.2, 0.25) is 0 Å². The molecule has 0 saturated carbocycles. The molecule has 0 aliphatic rings. The molecule has 1 amide bonds. The van der Waals surface area contributed by atoms with Crippen LogP contribution in [0, 0.1) is 13.8 Å². The van der Waals surface area contributed by atoms with Gasteiger partial charge >= 0.3 is 0 Å². The van der Waals surface area contributed by atoms with Gasteiger partial charge in [0.25, 0.3) is 5.91 Å². The van der Waals surface area contributed by atoms with E-state index >= 15 is 0 Å². The molecule has 174 valence electrons. The SMILES string of the molecule is Cc1nn(Cc2cccc(Cl)c2)c(C)c1NC(=O)c1ccc(COc2ccc(Cl)cc2Cl)cc1. The number of aryl methyl sites for hydroxylation is 1. The summed E-state index contributed by atoms with van der Waals surface area (Å²) in [5.74, 6) is 0.343. The average molecular weight is 515 g/mol. The highest BCUT2D eigenvalue weighted by Gasteiger charge is 2.16. The number of benzene rings is 3. The summed E-state index contributed by atoms with van der Waals surface area (Å²) in [6.07, 6.45) is 0. The Morgan fingerprint density at radius 3 is 2.38 bits per heavy atom. The quantitative estimate of drug-likeness (QED) is 0.281. The molecular formula is C26H22Cl3N3O2. The van der Waals surface area contributed by atoms with Crippen LogP contribution in [0.3, 0.4) is 0 Å². The van der Waals surface area contributed by atoms with Crippen molar-refractivity contribution < 1.29 is 9.53 Å². The molecule has 1 N–H and O–H groups in total. The maximum absolute atomic E-state index is 12.9. The molecule has 0 fully saturated rings. The van der Waals surface area contributed by atoms with Crippen LogP contribution in [0.25, 0.3) is 0 Å². The lowest BCUT2D eigenvalue weighted by Gasteiger charge is -2.10. The number of nitrogens with one attached hydrogen (secondary N) is 1. The molecule has 4 aromatic rings. The number of carbonyl (C=O) groups is 1. The van der Waals surface area contributed by atoms with Gasteiger partial charge < -0.3 is 10.1 Å². The highest BCUT2D eigenvalue weighted by molar-refractivity contribution is 6.35.